The maximum absolute atomic E-state index is 11.3. The largest absolute Gasteiger partial charge is 0.481 e. The molecular weight excluding hydrogens is 232 g/mol. The normalized spacial score (nSPS) is 11.9. The minimum absolute atomic E-state index is 0.120. The predicted octanol–water partition coefficient (Wildman–Crippen LogP) is -0.231. The van der Waals surface area contributed by atoms with E-state index in [1.807, 2.05) is 13.8 Å². The van der Waals surface area contributed by atoms with Crippen molar-refractivity contribution in [2.24, 2.45) is 0 Å². The van der Waals surface area contributed by atoms with Crippen molar-refractivity contribution < 1.29 is 18.3 Å². The van der Waals surface area contributed by atoms with Crippen LogP contribution in [0.2, 0.25) is 0 Å². The van der Waals surface area contributed by atoms with Gasteiger partial charge in [-0.3, -0.25) is 4.79 Å². The molecule has 0 aliphatic rings. The third-order valence-electron chi connectivity index (χ3n) is 1.80. The van der Waals surface area contributed by atoms with Gasteiger partial charge in [-0.15, -0.1) is 0 Å². The molecule has 0 radical (unpaired) electrons. The zero-order valence-corrected chi connectivity index (χ0v) is 10.5. The Labute approximate surface area is 96.5 Å². The van der Waals surface area contributed by atoms with Crippen molar-refractivity contribution in [2.75, 3.05) is 18.8 Å². The highest BCUT2D eigenvalue weighted by atomic mass is 32.2. The molecule has 7 heteroatoms. The van der Waals surface area contributed by atoms with Gasteiger partial charge in [0.25, 0.3) is 0 Å². The van der Waals surface area contributed by atoms with Gasteiger partial charge >= 0.3 is 5.97 Å². The molecule has 0 aliphatic carbocycles. The first-order valence-corrected chi connectivity index (χ1v) is 6.91. The molecule has 96 valence electrons. The summed E-state index contributed by atoms with van der Waals surface area (Å²) in [4.78, 5) is 10.2. The Balaban J connectivity index is 3.67. The van der Waals surface area contributed by atoms with Gasteiger partial charge in [-0.2, -0.15) is 0 Å². The Morgan fingerprint density at radius 3 is 2.44 bits per heavy atom. The fourth-order valence-electron chi connectivity index (χ4n) is 1.05. The minimum atomic E-state index is -3.33. The summed E-state index contributed by atoms with van der Waals surface area (Å²) in [6, 6.07) is 0.316. The van der Waals surface area contributed by atoms with Crippen LogP contribution in [0, 0.1) is 0 Å². The van der Waals surface area contributed by atoms with Crippen molar-refractivity contribution in [1.29, 1.82) is 0 Å². The molecule has 0 fully saturated rings. The molecule has 0 saturated heterocycles. The number of aliphatic carboxylic acids is 1. The van der Waals surface area contributed by atoms with Gasteiger partial charge in [-0.05, 0) is 6.42 Å². The van der Waals surface area contributed by atoms with E-state index in [0.717, 1.165) is 0 Å². The molecule has 0 heterocycles. The second-order valence-electron chi connectivity index (χ2n) is 3.82. The summed E-state index contributed by atoms with van der Waals surface area (Å²) < 4.78 is 25.1. The van der Waals surface area contributed by atoms with Gasteiger partial charge in [0.2, 0.25) is 10.0 Å². The van der Waals surface area contributed by atoms with E-state index < -0.39 is 16.0 Å². The van der Waals surface area contributed by atoms with Gasteiger partial charge in [0.15, 0.2) is 0 Å². The second-order valence-corrected chi connectivity index (χ2v) is 5.75. The van der Waals surface area contributed by atoms with Crippen molar-refractivity contribution in [3.8, 4) is 0 Å². The lowest BCUT2D eigenvalue weighted by Gasteiger charge is -2.09. The number of hydrogen-bond donors (Lipinski definition) is 3. The molecule has 0 unspecified atom stereocenters. The topological polar surface area (TPSA) is 95.5 Å². The summed E-state index contributed by atoms with van der Waals surface area (Å²) in [5, 5.41) is 11.4. The molecule has 16 heavy (non-hydrogen) atoms. The highest BCUT2D eigenvalue weighted by Gasteiger charge is 2.10. The second kappa shape index (κ2) is 7.59. The average Bonchev–Trinajstić information content (AvgIpc) is 2.11. The van der Waals surface area contributed by atoms with Gasteiger partial charge in [-0.25, -0.2) is 13.1 Å². The minimum Gasteiger partial charge on any atom is -0.481 e. The third-order valence-corrected chi connectivity index (χ3v) is 3.27. The van der Waals surface area contributed by atoms with Crippen molar-refractivity contribution in [3.63, 3.8) is 0 Å². The molecule has 3 N–H and O–H groups in total. The van der Waals surface area contributed by atoms with Crippen LogP contribution < -0.4 is 10.0 Å². The lowest BCUT2D eigenvalue weighted by atomic mass is 10.3. The number of hydrogen-bond acceptors (Lipinski definition) is 4. The molecule has 0 atom stereocenters. The zero-order valence-electron chi connectivity index (χ0n) is 9.69. The molecule has 0 aromatic carbocycles. The van der Waals surface area contributed by atoms with Crippen LogP contribution in [0.15, 0.2) is 0 Å². The Morgan fingerprint density at radius 1 is 1.31 bits per heavy atom. The van der Waals surface area contributed by atoms with Gasteiger partial charge in [0, 0.05) is 25.6 Å². The van der Waals surface area contributed by atoms with Crippen molar-refractivity contribution >= 4 is 16.0 Å². The summed E-state index contributed by atoms with van der Waals surface area (Å²) in [6.45, 7) is 4.84. The van der Waals surface area contributed by atoms with Crippen LogP contribution in [-0.4, -0.2) is 44.4 Å². The summed E-state index contributed by atoms with van der Waals surface area (Å²) in [6.07, 6.45) is 0.0213. The van der Waals surface area contributed by atoms with Crippen LogP contribution in [0.1, 0.15) is 26.7 Å². The first-order valence-electron chi connectivity index (χ1n) is 5.26. The van der Waals surface area contributed by atoms with Crippen molar-refractivity contribution in [2.45, 2.75) is 32.7 Å². The Morgan fingerprint density at radius 2 is 1.94 bits per heavy atom. The Hall–Kier alpha value is -0.660. The van der Waals surface area contributed by atoms with Gasteiger partial charge in [0.1, 0.15) is 0 Å². The van der Waals surface area contributed by atoms with E-state index in [1.54, 1.807) is 0 Å². The van der Waals surface area contributed by atoms with Crippen LogP contribution in [0.5, 0.6) is 0 Å². The zero-order chi connectivity index (χ0) is 12.6. The number of carboxylic acid groups (broad SMARTS) is 1. The lowest BCUT2D eigenvalue weighted by Crippen LogP contribution is -2.35. The smallest absolute Gasteiger partial charge is 0.303 e. The van der Waals surface area contributed by atoms with E-state index in [0.29, 0.717) is 19.1 Å². The first-order chi connectivity index (χ1) is 7.33. The molecule has 0 rings (SSSR count). The van der Waals surface area contributed by atoms with E-state index in [2.05, 4.69) is 10.0 Å². The molecule has 0 saturated carbocycles. The van der Waals surface area contributed by atoms with E-state index in [9.17, 15) is 13.2 Å². The lowest BCUT2D eigenvalue weighted by molar-refractivity contribution is -0.137. The highest BCUT2D eigenvalue weighted by molar-refractivity contribution is 7.89. The van der Waals surface area contributed by atoms with E-state index in [4.69, 9.17) is 5.11 Å². The number of carbonyl (C=O) groups is 1. The van der Waals surface area contributed by atoms with Gasteiger partial charge in [-0.1, -0.05) is 13.8 Å². The maximum Gasteiger partial charge on any atom is 0.303 e. The third kappa shape index (κ3) is 9.88. The first kappa shape index (κ1) is 15.3. The summed E-state index contributed by atoms with van der Waals surface area (Å²) in [5.74, 6) is -1.11. The number of rotatable bonds is 9. The molecule has 0 spiro atoms. The van der Waals surface area contributed by atoms with E-state index in [1.165, 1.54) is 0 Å². The number of carboxylic acids is 1. The molecule has 6 nitrogen and oxygen atoms in total. The Bertz CT molecular complexity index is 301. The summed E-state index contributed by atoms with van der Waals surface area (Å²) >= 11 is 0. The van der Waals surface area contributed by atoms with Crippen LogP contribution >= 0.6 is 0 Å². The van der Waals surface area contributed by atoms with Crippen LogP contribution in [0.4, 0.5) is 0 Å². The molecule has 0 aromatic heterocycles. The van der Waals surface area contributed by atoms with Gasteiger partial charge in [0.05, 0.1) is 5.75 Å². The fraction of sp³-hybridized carbons (Fsp3) is 0.889. The molecule has 0 aromatic rings. The van der Waals surface area contributed by atoms with Crippen LogP contribution in [-0.2, 0) is 14.8 Å². The summed E-state index contributed by atoms with van der Waals surface area (Å²) in [5.41, 5.74) is 0. The summed E-state index contributed by atoms with van der Waals surface area (Å²) in [7, 11) is -3.33. The molecule has 0 bridgehead atoms. The van der Waals surface area contributed by atoms with Crippen LogP contribution in [0.3, 0.4) is 0 Å². The predicted molar refractivity (Wildman–Crippen MR) is 61.8 cm³/mol. The standard InChI is InChI=1S/C9H20N2O4S/c1-8(2)10-5-6-11-16(14,15)7-3-4-9(12)13/h8,10-11H,3-7H2,1-2H3,(H,12,13). The van der Waals surface area contributed by atoms with Crippen molar-refractivity contribution in [1.82, 2.24) is 10.0 Å². The number of nitrogens with one attached hydrogen (secondary N) is 2. The van der Waals surface area contributed by atoms with E-state index >= 15 is 0 Å². The molecular formula is C9H20N2O4S. The van der Waals surface area contributed by atoms with E-state index in [-0.39, 0.29) is 18.6 Å². The molecule has 0 aliphatic heterocycles. The number of sulfonamides is 1. The average molecular weight is 252 g/mol. The Kier molecular flexibility index (Phi) is 7.27. The monoisotopic (exact) mass is 252 g/mol. The molecule has 0 amide bonds. The van der Waals surface area contributed by atoms with Gasteiger partial charge < -0.3 is 10.4 Å². The quantitative estimate of drug-likeness (QED) is 0.493. The SMILES string of the molecule is CC(C)NCCNS(=O)(=O)CCCC(=O)O. The maximum atomic E-state index is 11.3. The van der Waals surface area contributed by atoms with Crippen molar-refractivity contribution in [3.05, 3.63) is 0 Å². The van der Waals surface area contributed by atoms with Crippen LogP contribution in [0.25, 0.3) is 0 Å². The fourth-order valence-corrected chi connectivity index (χ4v) is 2.13. The highest BCUT2D eigenvalue weighted by Crippen LogP contribution is 1.94.